The average molecular weight is 354 g/mol. The summed E-state index contributed by atoms with van der Waals surface area (Å²) in [5, 5.41) is 0. The van der Waals surface area contributed by atoms with Gasteiger partial charge in [0.2, 0.25) is 5.91 Å². The Hall–Kier alpha value is -1.88. The highest BCUT2D eigenvalue weighted by molar-refractivity contribution is 5.76. The summed E-state index contributed by atoms with van der Waals surface area (Å²) < 4.78 is 2.07. The first-order valence-corrected chi connectivity index (χ1v) is 10.2. The van der Waals surface area contributed by atoms with Crippen LogP contribution in [0.25, 0.3) is 5.65 Å². The lowest BCUT2D eigenvalue weighted by molar-refractivity contribution is -0.133. The van der Waals surface area contributed by atoms with E-state index >= 15 is 0 Å². The van der Waals surface area contributed by atoms with Crippen LogP contribution in [-0.2, 0) is 11.3 Å². The minimum Gasteiger partial charge on any atom is -0.340 e. The van der Waals surface area contributed by atoms with Gasteiger partial charge in [0.1, 0.15) is 5.65 Å². The summed E-state index contributed by atoms with van der Waals surface area (Å²) in [5.41, 5.74) is 2.10. The van der Waals surface area contributed by atoms with E-state index in [1.165, 1.54) is 32.1 Å². The Bertz CT molecular complexity index is 693. The number of hydrogen-bond donors (Lipinski definition) is 0. The smallest absolute Gasteiger partial charge is 0.222 e. The lowest BCUT2D eigenvalue weighted by atomic mass is 9.86. The Balaban J connectivity index is 1.22. The van der Waals surface area contributed by atoms with Gasteiger partial charge in [0.05, 0.1) is 5.69 Å². The summed E-state index contributed by atoms with van der Waals surface area (Å²) in [6, 6.07) is 6.08. The Morgan fingerprint density at radius 2 is 1.88 bits per heavy atom. The predicted octanol–water partition coefficient (Wildman–Crippen LogP) is 3.34. The zero-order valence-electron chi connectivity index (χ0n) is 15.6. The molecule has 1 amide bonds. The van der Waals surface area contributed by atoms with E-state index in [1.807, 2.05) is 24.4 Å². The number of aromatic nitrogens is 2. The van der Waals surface area contributed by atoms with Crippen molar-refractivity contribution in [2.45, 2.75) is 51.5 Å². The Morgan fingerprint density at radius 1 is 1.08 bits per heavy atom. The second-order valence-corrected chi connectivity index (χ2v) is 7.90. The molecule has 2 fully saturated rings. The van der Waals surface area contributed by atoms with E-state index < -0.39 is 0 Å². The third-order valence-electron chi connectivity index (χ3n) is 6.02. The molecule has 4 rings (SSSR count). The second-order valence-electron chi connectivity index (χ2n) is 7.90. The maximum Gasteiger partial charge on any atom is 0.222 e. The zero-order valence-corrected chi connectivity index (χ0v) is 15.6. The van der Waals surface area contributed by atoms with Crippen LogP contribution in [0.1, 0.15) is 50.6 Å². The normalized spacial score (nSPS) is 19.9. The molecule has 1 saturated carbocycles. The van der Waals surface area contributed by atoms with Gasteiger partial charge < -0.3 is 9.30 Å². The lowest BCUT2D eigenvalue weighted by Crippen LogP contribution is -2.48. The Morgan fingerprint density at radius 3 is 2.65 bits per heavy atom. The number of carbonyl (C=O) groups excluding carboxylic acids is 1. The number of pyridine rings is 1. The highest BCUT2D eigenvalue weighted by atomic mass is 16.2. The molecule has 2 aromatic heterocycles. The molecule has 0 N–H and O–H groups in total. The number of rotatable bonds is 5. The van der Waals surface area contributed by atoms with Crippen molar-refractivity contribution in [3.63, 3.8) is 0 Å². The fourth-order valence-corrected chi connectivity index (χ4v) is 4.41. The van der Waals surface area contributed by atoms with Crippen molar-refractivity contribution in [3.05, 3.63) is 36.3 Å². The molecule has 5 heteroatoms. The number of hydrogen-bond acceptors (Lipinski definition) is 3. The van der Waals surface area contributed by atoms with E-state index in [4.69, 9.17) is 0 Å². The van der Waals surface area contributed by atoms with Gasteiger partial charge in [-0.25, -0.2) is 4.98 Å². The molecule has 0 atom stereocenters. The summed E-state index contributed by atoms with van der Waals surface area (Å²) in [4.78, 5) is 21.7. The SMILES string of the molecule is O=C(CCC1CCCCC1)N1CCN(Cc2cn3ccccc3n2)CC1. The molecule has 26 heavy (non-hydrogen) atoms. The predicted molar refractivity (Wildman–Crippen MR) is 103 cm³/mol. The van der Waals surface area contributed by atoms with Crippen molar-refractivity contribution < 1.29 is 4.79 Å². The van der Waals surface area contributed by atoms with E-state index in [2.05, 4.69) is 25.4 Å². The van der Waals surface area contributed by atoms with Gasteiger partial charge in [0, 0.05) is 51.5 Å². The maximum atomic E-state index is 12.5. The van der Waals surface area contributed by atoms with Crippen LogP contribution >= 0.6 is 0 Å². The van der Waals surface area contributed by atoms with Gasteiger partial charge >= 0.3 is 0 Å². The fourth-order valence-electron chi connectivity index (χ4n) is 4.41. The zero-order chi connectivity index (χ0) is 17.8. The molecule has 2 aliphatic rings. The molecule has 140 valence electrons. The minimum atomic E-state index is 0.364. The van der Waals surface area contributed by atoms with Gasteiger partial charge in [-0.2, -0.15) is 0 Å². The summed E-state index contributed by atoms with van der Waals surface area (Å²) in [5.74, 6) is 1.16. The van der Waals surface area contributed by atoms with Crippen molar-refractivity contribution in [2.24, 2.45) is 5.92 Å². The van der Waals surface area contributed by atoms with E-state index in [9.17, 15) is 4.79 Å². The molecule has 1 aliphatic carbocycles. The Kier molecular flexibility index (Phi) is 5.54. The molecule has 3 heterocycles. The number of carbonyl (C=O) groups is 1. The van der Waals surface area contributed by atoms with E-state index in [1.54, 1.807) is 0 Å². The monoisotopic (exact) mass is 354 g/mol. The first-order valence-electron chi connectivity index (χ1n) is 10.2. The summed E-state index contributed by atoms with van der Waals surface area (Å²) in [6.45, 7) is 4.48. The molecule has 0 aromatic carbocycles. The number of piperazine rings is 1. The molecule has 2 aromatic rings. The topological polar surface area (TPSA) is 40.9 Å². The first-order chi connectivity index (χ1) is 12.8. The van der Waals surface area contributed by atoms with Crippen molar-refractivity contribution in [3.8, 4) is 0 Å². The molecule has 0 bridgehead atoms. The highest BCUT2D eigenvalue weighted by Crippen LogP contribution is 2.27. The van der Waals surface area contributed by atoms with Crippen LogP contribution in [0.15, 0.2) is 30.6 Å². The van der Waals surface area contributed by atoms with E-state index in [-0.39, 0.29) is 0 Å². The van der Waals surface area contributed by atoms with Crippen LogP contribution in [0.5, 0.6) is 0 Å². The van der Waals surface area contributed by atoms with Crippen molar-refractivity contribution in [1.82, 2.24) is 19.2 Å². The second kappa shape index (κ2) is 8.21. The molecule has 1 aliphatic heterocycles. The van der Waals surface area contributed by atoms with Crippen LogP contribution in [0.4, 0.5) is 0 Å². The van der Waals surface area contributed by atoms with Crippen molar-refractivity contribution in [2.75, 3.05) is 26.2 Å². The third-order valence-corrected chi connectivity index (χ3v) is 6.02. The molecule has 5 nitrogen and oxygen atoms in total. The lowest BCUT2D eigenvalue weighted by Gasteiger charge is -2.34. The molecular formula is C21H30N4O. The van der Waals surface area contributed by atoms with Crippen LogP contribution in [-0.4, -0.2) is 51.3 Å². The summed E-state index contributed by atoms with van der Waals surface area (Å²) in [6.07, 6.45) is 12.8. The van der Waals surface area contributed by atoms with Gasteiger partial charge in [-0.3, -0.25) is 9.69 Å². The van der Waals surface area contributed by atoms with Crippen LogP contribution in [0.2, 0.25) is 0 Å². The molecule has 1 saturated heterocycles. The summed E-state index contributed by atoms with van der Waals surface area (Å²) >= 11 is 0. The van der Waals surface area contributed by atoms with Crippen LogP contribution in [0, 0.1) is 5.92 Å². The van der Waals surface area contributed by atoms with E-state index in [0.717, 1.165) is 62.8 Å². The Labute approximate surface area is 156 Å². The van der Waals surface area contributed by atoms with Crippen LogP contribution < -0.4 is 0 Å². The van der Waals surface area contributed by atoms with Crippen molar-refractivity contribution in [1.29, 1.82) is 0 Å². The first kappa shape index (κ1) is 17.5. The molecule has 0 spiro atoms. The van der Waals surface area contributed by atoms with E-state index in [0.29, 0.717) is 5.91 Å². The van der Waals surface area contributed by atoms with Gasteiger partial charge in [-0.05, 0) is 24.5 Å². The minimum absolute atomic E-state index is 0.364. The maximum absolute atomic E-state index is 12.5. The fraction of sp³-hybridized carbons (Fsp3) is 0.619. The number of amides is 1. The van der Waals surface area contributed by atoms with Gasteiger partial charge in [0.25, 0.3) is 0 Å². The average Bonchev–Trinajstić information content (AvgIpc) is 3.10. The van der Waals surface area contributed by atoms with Crippen LogP contribution in [0.3, 0.4) is 0 Å². The van der Waals surface area contributed by atoms with Crippen molar-refractivity contribution >= 4 is 11.6 Å². The quantitative estimate of drug-likeness (QED) is 0.827. The number of fused-ring (bicyclic) bond motifs is 1. The standard InChI is InChI=1S/C21H30N4O/c26-21(10-9-18-6-2-1-3-7-18)24-14-12-23(13-15-24)16-19-17-25-11-5-4-8-20(25)22-19/h4-5,8,11,17-18H,1-3,6-7,9-10,12-16H2. The third kappa shape index (κ3) is 4.26. The molecular weight excluding hydrogens is 324 g/mol. The molecule has 0 radical (unpaired) electrons. The molecule has 0 unspecified atom stereocenters. The largest absolute Gasteiger partial charge is 0.340 e. The van der Waals surface area contributed by atoms with Gasteiger partial charge in [0.15, 0.2) is 0 Å². The van der Waals surface area contributed by atoms with Gasteiger partial charge in [-0.1, -0.05) is 38.2 Å². The number of imidazole rings is 1. The number of nitrogens with zero attached hydrogens (tertiary/aromatic N) is 4. The van der Waals surface area contributed by atoms with Gasteiger partial charge in [-0.15, -0.1) is 0 Å². The highest BCUT2D eigenvalue weighted by Gasteiger charge is 2.23. The summed E-state index contributed by atoms with van der Waals surface area (Å²) in [7, 11) is 0.